The van der Waals surface area contributed by atoms with Crippen LogP contribution in [0.4, 0.5) is 8.78 Å². The monoisotopic (exact) mass is 405 g/mol. The zero-order valence-corrected chi connectivity index (χ0v) is 16.8. The topological polar surface area (TPSA) is 23.8 Å². The first-order chi connectivity index (χ1) is 14.2. The van der Waals surface area contributed by atoms with Crippen LogP contribution in [0.5, 0.6) is 0 Å². The molecule has 4 heteroatoms. The van der Waals surface area contributed by atoms with Crippen LogP contribution in [-0.2, 0) is 0 Å². The molecule has 146 valence electrons. The Hall–Kier alpha value is -2.64. The van der Waals surface area contributed by atoms with E-state index in [-0.39, 0.29) is 10.7 Å². The second-order valence-electron chi connectivity index (χ2n) is 7.49. The smallest absolute Gasteiger partial charge is 0.138 e. The largest absolute Gasteiger partial charge is 0.206 e. The van der Waals surface area contributed by atoms with Crippen molar-refractivity contribution < 1.29 is 8.78 Å². The molecule has 0 spiro atoms. The molecule has 1 nitrogen and oxygen atoms in total. The van der Waals surface area contributed by atoms with Crippen molar-refractivity contribution in [3.63, 3.8) is 0 Å². The standard InChI is InChI=1S/C25H21F2NS/c26-23-14-20(19-8-6-18(7-9-19)17-4-2-1-3-5-17)10-12-22(23)21-11-13-25(29-16-28)24(27)15-21/h6-15,17H,1-5H2. The van der Waals surface area contributed by atoms with Gasteiger partial charge in [0.1, 0.15) is 17.0 Å². The lowest BCUT2D eigenvalue weighted by molar-refractivity contribution is 0.443. The molecule has 0 unspecified atom stereocenters. The van der Waals surface area contributed by atoms with Gasteiger partial charge in [0.15, 0.2) is 0 Å². The molecule has 3 aromatic rings. The highest BCUT2D eigenvalue weighted by molar-refractivity contribution is 8.03. The van der Waals surface area contributed by atoms with Gasteiger partial charge in [-0.2, -0.15) is 5.26 Å². The Morgan fingerprint density at radius 2 is 1.41 bits per heavy atom. The number of halogens is 2. The molecule has 0 heterocycles. The Morgan fingerprint density at radius 1 is 0.759 bits per heavy atom. The number of hydrogen-bond donors (Lipinski definition) is 0. The molecule has 0 bridgehead atoms. The van der Waals surface area contributed by atoms with E-state index >= 15 is 0 Å². The lowest BCUT2D eigenvalue weighted by Crippen LogP contribution is -2.04. The molecule has 0 atom stereocenters. The summed E-state index contributed by atoms with van der Waals surface area (Å²) in [6.45, 7) is 0. The molecule has 4 rings (SSSR count). The van der Waals surface area contributed by atoms with Gasteiger partial charge >= 0.3 is 0 Å². The SMILES string of the molecule is N#CSc1ccc(-c2ccc(-c3ccc(C4CCCCC4)cc3)cc2F)cc1F. The lowest BCUT2D eigenvalue weighted by Gasteiger charge is -2.22. The molecule has 0 N–H and O–H groups in total. The van der Waals surface area contributed by atoms with Gasteiger partial charge in [0.25, 0.3) is 0 Å². The average Bonchev–Trinajstić information content (AvgIpc) is 2.76. The first-order valence-electron chi connectivity index (χ1n) is 9.91. The number of rotatable bonds is 4. The van der Waals surface area contributed by atoms with Crippen LogP contribution >= 0.6 is 11.8 Å². The van der Waals surface area contributed by atoms with Crippen LogP contribution in [0.3, 0.4) is 0 Å². The van der Waals surface area contributed by atoms with E-state index in [1.807, 2.05) is 11.5 Å². The average molecular weight is 406 g/mol. The molecule has 0 aromatic heterocycles. The summed E-state index contributed by atoms with van der Waals surface area (Å²) in [4.78, 5) is 0.242. The molecule has 3 aromatic carbocycles. The van der Waals surface area contributed by atoms with E-state index in [1.165, 1.54) is 55.9 Å². The number of hydrogen-bond acceptors (Lipinski definition) is 2. The van der Waals surface area contributed by atoms with E-state index in [9.17, 15) is 8.78 Å². The summed E-state index contributed by atoms with van der Waals surface area (Å²) < 4.78 is 28.9. The molecule has 1 aliphatic carbocycles. The van der Waals surface area contributed by atoms with Crippen molar-refractivity contribution in [2.24, 2.45) is 0 Å². The highest BCUT2D eigenvalue weighted by atomic mass is 32.2. The third kappa shape index (κ3) is 4.36. The van der Waals surface area contributed by atoms with E-state index in [0.29, 0.717) is 17.0 Å². The van der Waals surface area contributed by atoms with Gasteiger partial charge in [-0.1, -0.05) is 61.7 Å². The minimum absolute atomic E-state index is 0.242. The van der Waals surface area contributed by atoms with Gasteiger partial charge in [0, 0.05) is 5.56 Å². The third-order valence-corrected chi connectivity index (χ3v) is 6.33. The van der Waals surface area contributed by atoms with Crippen LogP contribution in [0.15, 0.2) is 65.6 Å². The van der Waals surface area contributed by atoms with E-state index in [1.54, 1.807) is 12.1 Å². The van der Waals surface area contributed by atoms with Crippen LogP contribution < -0.4 is 0 Å². The number of nitriles is 1. The molecular weight excluding hydrogens is 384 g/mol. The van der Waals surface area contributed by atoms with E-state index in [2.05, 4.69) is 24.3 Å². The summed E-state index contributed by atoms with van der Waals surface area (Å²) in [6.07, 6.45) is 6.45. The summed E-state index contributed by atoms with van der Waals surface area (Å²) in [5.74, 6) is -0.260. The highest BCUT2D eigenvalue weighted by Gasteiger charge is 2.16. The minimum atomic E-state index is -0.518. The first kappa shape index (κ1) is 19.7. The van der Waals surface area contributed by atoms with Crippen molar-refractivity contribution in [1.29, 1.82) is 5.26 Å². The van der Waals surface area contributed by atoms with Gasteiger partial charge in [0.05, 0.1) is 4.90 Å². The number of benzene rings is 3. The van der Waals surface area contributed by atoms with Crippen molar-refractivity contribution in [3.8, 4) is 27.7 Å². The third-order valence-electron chi connectivity index (χ3n) is 5.69. The molecule has 0 aliphatic heterocycles. The molecule has 0 amide bonds. The predicted octanol–water partition coefficient (Wildman–Crippen LogP) is 7.92. The van der Waals surface area contributed by atoms with Gasteiger partial charge in [0.2, 0.25) is 0 Å². The summed E-state index contributed by atoms with van der Waals surface area (Å²) in [6, 6.07) is 17.9. The molecular formula is C25H21F2NS. The van der Waals surface area contributed by atoms with Gasteiger partial charge in [-0.15, -0.1) is 0 Å². The predicted molar refractivity (Wildman–Crippen MR) is 115 cm³/mol. The molecule has 0 radical (unpaired) electrons. The van der Waals surface area contributed by atoms with Gasteiger partial charge in [-0.05, 0) is 71.0 Å². The summed E-state index contributed by atoms with van der Waals surface area (Å²) >= 11 is 0.758. The fourth-order valence-corrected chi connectivity index (χ4v) is 4.50. The minimum Gasteiger partial charge on any atom is -0.206 e. The Bertz CT molecular complexity index is 1050. The maximum Gasteiger partial charge on any atom is 0.138 e. The van der Waals surface area contributed by atoms with Crippen LogP contribution in [0.25, 0.3) is 22.3 Å². The van der Waals surface area contributed by atoms with Crippen molar-refractivity contribution in [2.45, 2.75) is 42.9 Å². The Morgan fingerprint density at radius 3 is 2.07 bits per heavy atom. The summed E-state index contributed by atoms with van der Waals surface area (Å²) in [5.41, 5.74) is 3.96. The highest BCUT2D eigenvalue weighted by Crippen LogP contribution is 2.35. The second kappa shape index (κ2) is 8.80. The van der Waals surface area contributed by atoms with Gasteiger partial charge in [-0.25, -0.2) is 8.78 Å². The van der Waals surface area contributed by atoms with Crippen LogP contribution in [0.1, 0.15) is 43.6 Å². The maximum absolute atomic E-state index is 14.8. The maximum atomic E-state index is 14.8. The zero-order chi connectivity index (χ0) is 20.2. The number of thiocyanates is 1. The van der Waals surface area contributed by atoms with E-state index in [4.69, 9.17) is 5.26 Å². The van der Waals surface area contributed by atoms with Crippen LogP contribution in [0, 0.1) is 22.3 Å². The Labute approximate surface area is 174 Å². The molecule has 0 saturated heterocycles. The van der Waals surface area contributed by atoms with Gasteiger partial charge in [-0.3, -0.25) is 0 Å². The van der Waals surface area contributed by atoms with E-state index in [0.717, 1.165) is 22.9 Å². The van der Waals surface area contributed by atoms with Crippen molar-refractivity contribution in [3.05, 3.63) is 77.9 Å². The van der Waals surface area contributed by atoms with E-state index < -0.39 is 5.82 Å². The summed E-state index contributed by atoms with van der Waals surface area (Å²) in [5, 5.41) is 10.5. The second-order valence-corrected chi connectivity index (χ2v) is 8.32. The normalized spacial score (nSPS) is 14.5. The number of thioether (sulfide) groups is 1. The molecule has 1 aliphatic rings. The van der Waals surface area contributed by atoms with Crippen LogP contribution in [-0.4, -0.2) is 0 Å². The quantitative estimate of drug-likeness (QED) is 0.325. The van der Waals surface area contributed by atoms with Crippen molar-refractivity contribution >= 4 is 11.8 Å². The zero-order valence-electron chi connectivity index (χ0n) is 16.0. The van der Waals surface area contributed by atoms with Crippen molar-refractivity contribution in [1.82, 2.24) is 0 Å². The molecule has 29 heavy (non-hydrogen) atoms. The first-order valence-corrected chi connectivity index (χ1v) is 10.7. The van der Waals surface area contributed by atoms with Crippen LogP contribution in [0.2, 0.25) is 0 Å². The fraction of sp³-hybridized carbons (Fsp3) is 0.240. The molecule has 1 saturated carbocycles. The number of nitrogens with zero attached hydrogens (tertiary/aromatic N) is 1. The van der Waals surface area contributed by atoms with Gasteiger partial charge < -0.3 is 0 Å². The summed E-state index contributed by atoms with van der Waals surface area (Å²) in [7, 11) is 0. The Kier molecular flexibility index (Phi) is 5.97. The Balaban J connectivity index is 1.57. The fourth-order valence-electron chi connectivity index (χ4n) is 4.11. The lowest BCUT2D eigenvalue weighted by atomic mass is 9.83. The molecule has 1 fully saturated rings. The van der Waals surface area contributed by atoms with Crippen molar-refractivity contribution in [2.75, 3.05) is 0 Å².